The molecule has 0 saturated carbocycles. The molecule has 2 aliphatic rings. The molecule has 0 bridgehead atoms. The third-order valence-corrected chi connectivity index (χ3v) is 4.80. The van der Waals surface area contributed by atoms with Crippen molar-refractivity contribution in [3.63, 3.8) is 0 Å². The molecule has 3 heterocycles. The molecule has 1 amide bonds. The molecule has 24 heavy (non-hydrogen) atoms. The average molecular weight is 335 g/mol. The molecule has 134 valence electrons. The van der Waals surface area contributed by atoms with Gasteiger partial charge in [0.25, 0.3) is 0 Å². The van der Waals surface area contributed by atoms with Crippen LogP contribution in [0.5, 0.6) is 0 Å². The SMILES string of the molecule is COCC(=O)NCc1cc2n(n1)CCCN(CC1CCCNC1)C2. The van der Waals surface area contributed by atoms with E-state index in [0.29, 0.717) is 6.54 Å². The molecule has 1 atom stereocenters. The number of ether oxygens (including phenoxy) is 1. The van der Waals surface area contributed by atoms with E-state index in [2.05, 4.69) is 31.4 Å². The van der Waals surface area contributed by atoms with Gasteiger partial charge in [-0.3, -0.25) is 14.4 Å². The molecule has 1 unspecified atom stereocenters. The van der Waals surface area contributed by atoms with Crippen LogP contribution in [-0.2, 0) is 29.2 Å². The molecular weight excluding hydrogens is 306 g/mol. The number of carbonyl (C=O) groups excluding carboxylic acids is 1. The lowest BCUT2D eigenvalue weighted by Crippen LogP contribution is -2.38. The Bertz CT molecular complexity index is 539. The average Bonchev–Trinajstić information content (AvgIpc) is 2.86. The highest BCUT2D eigenvalue weighted by Crippen LogP contribution is 2.18. The molecule has 2 aliphatic heterocycles. The van der Waals surface area contributed by atoms with Gasteiger partial charge in [-0.1, -0.05) is 0 Å². The van der Waals surface area contributed by atoms with Gasteiger partial charge in [0, 0.05) is 33.3 Å². The van der Waals surface area contributed by atoms with Crippen molar-refractivity contribution in [3.05, 3.63) is 17.5 Å². The van der Waals surface area contributed by atoms with Crippen LogP contribution in [0.15, 0.2) is 6.07 Å². The number of piperidine rings is 1. The first-order valence-corrected chi connectivity index (χ1v) is 8.99. The first kappa shape index (κ1) is 17.4. The van der Waals surface area contributed by atoms with Crippen molar-refractivity contribution in [1.29, 1.82) is 0 Å². The summed E-state index contributed by atoms with van der Waals surface area (Å²) in [6, 6.07) is 2.13. The van der Waals surface area contributed by atoms with Crippen LogP contribution in [0.25, 0.3) is 0 Å². The van der Waals surface area contributed by atoms with E-state index in [0.717, 1.165) is 50.8 Å². The quantitative estimate of drug-likeness (QED) is 0.785. The van der Waals surface area contributed by atoms with Crippen molar-refractivity contribution >= 4 is 5.91 Å². The molecule has 1 aromatic rings. The second-order valence-corrected chi connectivity index (χ2v) is 6.86. The number of amides is 1. The molecule has 0 aromatic carbocycles. The minimum absolute atomic E-state index is 0.0940. The highest BCUT2D eigenvalue weighted by Gasteiger charge is 2.21. The summed E-state index contributed by atoms with van der Waals surface area (Å²) in [6.07, 6.45) is 3.76. The van der Waals surface area contributed by atoms with E-state index in [1.54, 1.807) is 0 Å². The molecule has 0 aliphatic carbocycles. The first-order chi connectivity index (χ1) is 11.7. The number of nitrogens with zero attached hydrogens (tertiary/aromatic N) is 3. The summed E-state index contributed by atoms with van der Waals surface area (Å²) >= 11 is 0. The number of aryl methyl sites for hydroxylation is 1. The third-order valence-electron chi connectivity index (χ3n) is 4.80. The van der Waals surface area contributed by atoms with Crippen LogP contribution in [0.4, 0.5) is 0 Å². The van der Waals surface area contributed by atoms with Gasteiger partial charge in [-0.2, -0.15) is 5.10 Å². The predicted octanol–water partition coefficient (Wildman–Crippen LogP) is 0.351. The lowest BCUT2D eigenvalue weighted by Gasteiger charge is -2.29. The number of methoxy groups -OCH3 is 1. The second-order valence-electron chi connectivity index (χ2n) is 6.86. The van der Waals surface area contributed by atoms with Gasteiger partial charge >= 0.3 is 0 Å². The zero-order valence-electron chi connectivity index (χ0n) is 14.6. The van der Waals surface area contributed by atoms with Crippen molar-refractivity contribution in [1.82, 2.24) is 25.3 Å². The lowest BCUT2D eigenvalue weighted by molar-refractivity contribution is -0.124. The smallest absolute Gasteiger partial charge is 0.246 e. The van der Waals surface area contributed by atoms with Crippen molar-refractivity contribution < 1.29 is 9.53 Å². The van der Waals surface area contributed by atoms with Crippen LogP contribution in [0.3, 0.4) is 0 Å². The molecular formula is C17H29N5O2. The van der Waals surface area contributed by atoms with E-state index in [1.807, 2.05) is 0 Å². The summed E-state index contributed by atoms with van der Waals surface area (Å²) in [5.74, 6) is 0.660. The molecule has 0 radical (unpaired) electrons. The van der Waals surface area contributed by atoms with Gasteiger partial charge in [-0.15, -0.1) is 0 Å². The molecule has 1 saturated heterocycles. The van der Waals surface area contributed by atoms with Crippen molar-refractivity contribution in [3.8, 4) is 0 Å². The Hall–Kier alpha value is -1.44. The van der Waals surface area contributed by atoms with Gasteiger partial charge < -0.3 is 15.4 Å². The molecule has 7 heteroatoms. The van der Waals surface area contributed by atoms with E-state index < -0.39 is 0 Å². The zero-order valence-corrected chi connectivity index (χ0v) is 14.6. The van der Waals surface area contributed by atoms with E-state index in [1.165, 1.54) is 32.2 Å². The van der Waals surface area contributed by atoms with Gasteiger partial charge in [0.15, 0.2) is 0 Å². The first-order valence-electron chi connectivity index (χ1n) is 8.99. The Labute approximate surface area is 143 Å². The van der Waals surface area contributed by atoms with Crippen LogP contribution in [-0.4, -0.2) is 60.5 Å². The predicted molar refractivity (Wildman–Crippen MR) is 91.4 cm³/mol. The van der Waals surface area contributed by atoms with Crippen LogP contribution in [0.2, 0.25) is 0 Å². The van der Waals surface area contributed by atoms with Gasteiger partial charge in [-0.25, -0.2) is 0 Å². The van der Waals surface area contributed by atoms with Crippen molar-refractivity contribution in [2.75, 3.05) is 39.9 Å². The Morgan fingerprint density at radius 1 is 1.46 bits per heavy atom. The van der Waals surface area contributed by atoms with Crippen molar-refractivity contribution in [2.24, 2.45) is 5.92 Å². The molecule has 2 N–H and O–H groups in total. The molecule has 0 spiro atoms. The van der Waals surface area contributed by atoms with E-state index in [-0.39, 0.29) is 12.5 Å². The number of hydrogen-bond donors (Lipinski definition) is 2. The van der Waals surface area contributed by atoms with Crippen LogP contribution >= 0.6 is 0 Å². The maximum absolute atomic E-state index is 11.5. The standard InChI is InChI=1S/C17H29N5O2/c1-24-13-17(23)19-10-15-8-16-12-21(6-3-7-22(16)20-15)11-14-4-2-5-18-9-14/h8,14,18H,2-7,9-13H2,1H3,(H,19,23). The topological polar surface area (TPSA) is 71.4 Å². The maximum atomic E-state index is 11.5. The number of nitrogens with one attached hydrogen (secondary N) is 2. The molecule has 7 nitrogen and oxygen atoms in total. The summed E-state index contributed by atoms with van der Waals surface area (Å²) in [6.45, 7) is 7.09. The highest BCUT2D eigenvalue weighted by atomic mass is 16.5. The van der Waals surface area contributed by atoms with Crippen molar-refractivity contribution in [2.45, 2.75) is 38.9 Å². The Balaban J connectivity index is 1.55. The number of carbonyl (C=O) groups is 1. The Morgan fingerprint density at radius 2 is 2.38 bits per heavy atom. The summed E-state index contributed by atoms with van der Waals surface area (Å²) in [5, 5.41) is 11.0. The molecule has 1 fully saturated rings. The molecule has 3 rings (SSSR count). The summed E-state index contributed by atoms with van der Waals surface area (Å²) in [5.41, 5.74) is 2.18. The van der Waals surface area contributed by atoms with Gasteiger partial charge in [0.2, 0.25) is 5.91 Å². The van der Waals surface area contributed by atoms with Gasteiger partial charge in [0.1, 0.15) is 6.61 Å². The fraction of sp³-hybridized carbons (Fsp3) is 0.765. The minimum atomic E-state index is -0.105. The van der Waals surface area contributed by atoms with Gasteiger partial charge in [-0.05, 0) is 44.3 Å². The minimum Gasteiger partial charge on any atom is -0.375 e. The second kappa shape index (κ2) is 8.60. The largest absolute Gasteiger partial charge is 0.375 e. The van der Waals surface area contributed by atoms with E-state index in [4.69, 9.17) is 4.74 Å². The Kier molecular flexibility index (Phi) is 6.23. The summed E-state index contributed by atoms with van der Waals surface area (Å²) < 4.78 is 6.93. The number of fused-ring (bicyclic) bond motifs is 1. The van der Waals surface area contributed by atoms with Crippen LogP contribution < -0.4 is 10.6 Å². The molecule has 1 aromatic heterocycles. The lowest BCUT2D eigenvalue weighted by atomic mass is 9.99. The number of rotatable bonds is 6. The number of aromatic nitrogens is 2. The van der Waals surface area contributed by atoms with Crippen LogP contribution in [0, 0.1) is 5.92 Å². The van der Waals surface area contributed by atoms with E-state index >= 15 is 0 Å². The monoisotopic (exact) mass is 335 g/mol. The number of hydrogen-bond acceptors (Lipinski definition) is 5. The summed E-state index contributed by atoms with van der Waals surface area (Å²) in [4.78, 5) is 14.1. The summed E-state index contributed by atoms with van der Waals surface area (Å²) in [7, 11) is 1.52. The Morgan fingerprint density at radius 3 is 3.17 bits per heavy atom. The third kappa shape index (κ3) is 4.78. The maximum Gasteiger partial charge on any atom is 0.246 e. The highest BCUT2D eigenvalue weighted by molar-refractivity contribution is 5.77. The fourth-order valence-corrected chi connectivity index (χ4v) is 3.65. The zero-order chi connectivity index (χ0) is 16.8. The van der Waals surface area contributed by atoms with Gasteiger partial charge in [0.05, 0.1) is 17.9 Å². The van der Waals surface area contributed by atoms with Crippen LogP contribution in [0.1, 0.15) is 30.7 Å². The normalized spacial score (nSPS) is 22.0. The van der Waals surface area contributed by atoms with E-state index in [9.17, 15) is 4.79 Å². The fourth-order valence-electron chi connectivity index (χ4n) is 3.65.